The number of hydrogen-bond acceptors (Lipinski definition) is 6. The molecule has 1 saturated heterocycles. The van der Waals surface area contributed by atoms with Crippen molar-refractivity contribution in [2.75, 3.05) is 31.1 Å². The lowest BCUT2D eigenvalue weighted by atomic mass is 10.2. The number of carbonyl (C=O) groups excluding carboxylic acids is 1. The molecule has 1 aromatic rings. The summed E-state index contributed by atoms with van der Waals surface area (Å²) in [6.07, 6.45) is 1.29. The topological polar surface area (TPSA) is 106 Å². The van der Waals surface area contributed by atoms with E-state index in [2.05, 4.69) is 9.88 Å². The maximum absolute atomic E-state index is 11.2. The standard InChI is InChI=1S/C13H19N5O3/c1-9-7-12(15-8-11(9)18(20)21)17-5-3-16(4-6-17)10(2)13(14)19/h7-8,10H,3-6H2,1-2H3,(H2,14,19). The molecule has 8 nitrogen and oxygen atoms in total. The van der Waals surface area contributed by atoms with Gasteiger partial charge in [0.05, 0.1) is 11.0 Å². The Bertz CT molecular complexity index is 555. The fraction of sp³-hybridized carbons (Fsp3) is 0.538. The predicted molar refractivity (Wildman–Crippen MR) is 78.1 cm³/mol. The van der Waals surface area contributed by atoms with Crippen LogP contribution < -0.4 is 10.6 Å². The third kappa shape index (κ3) is 3.27. The minimum absolute atomic E-state index is 0.0275. The lowest BCUT2D eigenvalue weighted by Gasteiger charge is -2.37. The molecule has 8 heteroatoms. The van der Waals surface area contributed by atoms with Gasteiger partial charge in [-0.2, -0.15) is 0 Å². The molecule has 0 aromatic carbocycles. The number of nitrogens with two attached hydrogens (primary N) is 1. The van der Waals surface area contributed by atoms with Gasteiger partial charge in [0.2, 0.25) is 5.91 Å². The molecule has 21 heavy (non-hydrogen) atoms. The number of amides is 1. The van der Waals surface area contributed by atoms with E-state index in [0.29, 0.717) is 31.7 Å². The zero-order valence-electron chi connectivity index (χ0n) is 12.2. The lowest BCUT2D eigenvalue weighted by molar-refractivity contribution is -0.385. The van der Waals surface area contributed by atoms with Crippen molar-refractivity contribution < 1.29 is 9.72 Å². The first kappa shape index (κ1) is 15.2. The number of piperazine rings is 1. The number of nitrogens with zero attached hydrogens (tertiary/aromatic N) is 4. The number of rotatable bonds is 4. The van der Waals surface area contributed by atoms with Crippen LogP contribution in [0, 0.1) is 17.0 Å². The molecule has 1 aliphatic rings. The summed E-state index contributed by atoms with van der Waals surface area (Å²) >= 11 is 0. The van der Waals surface area contributed by atoms with Crippen molar-refractivity contribution in [3.8, 4) is 0 Å². The SMILES string of the molecule is Cc1cc(N2CCN(C(C)C(N)=O)CC2)ncc1[N+](=O)[O-]. The van der Waals surface area contributed by atoms with Crippen molar-refractivity contribution in [2.24, 2.45) is 5.73 Å². The monoisotopic (exact) mass is 293 g/mol. The number of pyridine rings is 1. The van der Waals surface area contributed by atoms with Gasteiger partial charge in [-0.1, -0.05) is 0 Å². The van der Waals surface area contributed by atoms with E-state index in [-0.39, 0.29) is 17.6 Å². The van der Waals surface area contributed by atoms with E-state index in [1.807, 2.05) is 4.90 Å². The third-order valence-electron chi connectivity index (χ3n) is 3.86. The summed E-state index contributed by atoms with van der Waals surface area (Å²) in [4.78, 5) is 29.8. The molecule has 114 valence electrons. The van der Waals surface area contributed by atoms with E-state index < -0.39 is 4.92 Å². The normalized spacial score (nSPS) is 17.5. The predicted octanol–water partition coefficient (Wildman–Crippen LogP) is 0.294. The van der Waals surface area contributed by atoms with Crippen LogP contribution in [0.1, 0.15) is 12.5 Å². The minimum atomic E-state index is -0.432. The molecule has 1 atom stereocenters. The molecule has 0 bridgehead atoms. The fourth-order valence-corrected chi connectivity index (χ4v) is 2.42. The summed E-state index contributed by atoms with van der Waals surface area (Å²) in [6.45, 7) is 6.34. The molecular weight excluding hydrogens is 274 g/mol. The van der Waals surface area contributed by atoms with Gasteiger partial charge in [0.15, 0.2) is 0 Å². The highest BCUT2D eigenvalue weighted by Crippen LogP contribution is 2.22. The van der Waals surface area contributed by atoms with Crippen LogP contribution in [-0.2, 0) is 4.79 Å². The first-order valence-electron chi connectivity index (χ1n) is 6.79. The van der Waals surface area contributed by atoms with Crippen molar-refractivity contribution in [3.05, 3.63) is 27.9 Å². The van der Waals surface area contributed by atoms with Crippen LogP contribution in [0.25, 0.3) is 0 Å². The summed E-state index contributed by atoms with van der Waals surface area (Å²) in [5, 5.41) is 10.8. The van der Waals surface area contributed by atoms with Crippen molar-refractivity contribution in [1.29, 1.82) is 0 Å². The number of aromatic nitrogens is 1. The first-order chi connectivity index (χ1) is 9.90. The van der Waals surface area contributed by atoms with Gasteiger partial charge in [-0.25, -0.2) is 4.98 Å². The van der Waals surface area contributed by atoms with E-state index in [4.69, 9.17) is 5.73 Å². The van der Waals surface area contributed by atoms with Crippen LogP contribution in [-0.4, -0.2) is 52.9 Å². The average Bonchev–Trinajstić information content (AvgIpc) is 2.46. The van der Waals surface area contributed by atoms with Gasteiger partial charge < -0.3 is 10.6 Å². The molecule has 1 aromatic heterocycles. The average molecular weight is 293 g/mol. The van der Waals surface area contributed by atoms with E-state index in [1.165, 1.54) is 6.20 Å². The van der Waals surface area contributed by atoms with Crippen LogP contribution in [0.15, 0.2) is 12.3 Å². The Labute approximate surface area is 122 Å². The van der Waals surface area contributed by atoms with E-state index in [1.54, 1.807) is 19.9 Å². The second-order valence-electron chi connectivity index (χ2n) is 5.19. The van der Waals surface area contributed by atoms with E-state index >= 15 is 0 Å². The Balaban J connectivity index is 2.04. The molecule has 2 heterocycles. The van der Waals surface area contributed by atoms with E-state index in [9.17, 15) is 14.9 Å². The first-order valence-corrected chi connectivity index (χ1v) is 6.79. The highest BCUT2D eigenvalue weighted by atomic mass is 16.6. The second-order valence-corrected chi connectivity index (χ2v) is 5.19. The zero-order chi connectivity index (χ0) is 15.6. The number of primary amides is 1. The smallest absolute Gasteiger partial charge is 0.290 e. The van der Waals surface area contributed by atoms with Crippen molar-refractivity contribution in [3.63, 3.8) is 0 Å². The molecule has 1 unspecified atom stereocenters. The zero-order valence-corrected chi connectivity index (χ0v) is 12.2. The minimum Gasteiger partial charge on any atom is -0.368 e. The van der Waals surface area contributed by atoms with E-state index in [0.717, 1.165) is 5.82 Å². The largest absolute Gasteiger partial charge is 0.368 e. The van der Waals surface area contributed by atoms with Crippen LogP contribution >= 0.6 is 0 Å². The molecule has 1 fully saturated rings. The van der Waals surface area contributed by atoms with Gasteiger partial charge in [0, 0.05) is 31.7 Å². The summed E-state index contributed by atoms with van der Waals surface area (Å²) < 4.78 is 0. The molecule has 0 spiro atoms. The summed E-state index contributed by atoms with van der Waals surface area (Å²) in [6, 6.07) is 1.45. The number of nitro groups is 1. The maximum atomic E-state index is 11.2. The number of aryl methyl sites for hydroxylation is 1. The Hall–Kier alpha value is -2.22. The van der Waals surface area contributed by atoms with Crippen molar-refractivity contribution in [2.45, 2.75) is 19.9 Å². The molecule has 2 N–H and O–H groups in total. The number of carbonyl (C=O) groups is 1. The van der Waals surface area contributed by atoms with Gasteiger partial charge in [-0.05, 0) is 19.9 Å². The Morgan fingerprint density at radius 3 is 2.52 bits per heavy atom. The number of hydrogen-bond donors (Lipinski definition) is 1. The highest BCUT2D eigenvalue weighted by Gasteiger charge is 2.25. The van der Waals surface area contributed by atoms with Crippen molar-refractivity contribution in [1.82, 2.24) is 9.88 Å². The molecule has 0 saturated carbocycles. The maximum Gasteiger partial charge on any atom is 0.290 e. The van der Waals surface area contributed by atoms with Gasteiger partial charge >= 0.3 is 0 Å². The summed E-state index contributed by atoms with van der Waals surface area (Å²) in [5.41, 5.74) is 5.93. The van der Waals surface area contributed by atoms with Gasteiger partial charge in [0.1, 0.15) is 12.0 Å². The van der Waals surface area contributed by atoms with Gasteiger partial charge in [0.25, 0.3) is 5.69 Å². The Kier molecular flexibility index (Phi) is 4.37. The van der Waals surface area contributed by atoms with Crippen LogP contribution in [0.2, 0.25) is 0 Å². The lowest BCUT2D eigenvalue weighted by Crippen LogP contribution is -2.53. The quantitative estimate of drug-likeness (QED) is 0.632. The van der Waals surface area contributed by atoms with Crippen LogP contribution in [0.3, 0.4) is 0 Å². The Morgan fingerprint density at radius 1 is 1.43 bits per heavy atom. The van der Waals surface area contributed by atoms with Crippen LogP contribution in [0.5, 0.6) is 0 Å². The fourth-order valence-electron chi connectivity index (χ4n) is 2.42. The number of anilines is 1. The summed E-state index contributed by atoms with van der Waals surface area (Å²) in [5.74, 6) is 0.400. The summed E-state index contributed by atoms with van der Waals surface area (Å²) in [7, 11) is 0. The third-order valence-corrected chi connectivity index (χ3v) is 3.86. The molecule has 0 radical (unpaired) electrons. The van der Waals surface area contributed by atoms with Gasteiger partial charge in [-0.3, -0.25) is 19.8 Å². The molecule has 1 aliphatic heterocycles. The molecule has 0 aliphatic carbocycles. The van der Waals surface area contributed by atoms with Crippen LogP contribution in [0.4, 0.5) is 11.5 Å². The molecule has 1 amide bonds. The Morgan fingerprint density at radius 2 is 2.05 bits per heavy atom. The molecular formula is C13H19N5O3. The highest BCUT2D eigenvalue weighted by molar-refractivity contribution is 5.79. The van der Waals surface area contributed by atoms with Crippen molar-refractivity contribution >= 4 is 17.4 Å². The van der Waals surface area contributed by atoms with Gasteiger partial charge in [-0.15, -0.1) is 0 Å². The molecule has 2 rings (SSSR count). The second kappa shape index (κ2) is 6.04.